The minimum Gasteiger partial charge on any atom is -0.392 e. The summed E-state index contributed by atoms with van der Waals surface area (Å²) >= 11 is 3.41. The lowest BCUT2D eigenvalue weighted by Crippen LogP contribution is -2.24. The predicted octanol–water partition coefficient (Wildman–Crippen LogP) is 1.96. The molecule has 1 aliphatic rings. The van der Waals surface area contributed by atoms with Crippen LogP contribution in [0.15, 0.2) is 28.7 Å². The third-order valence-electron chi connectivity index (χ3n) is 3.00. The zero-order valence-corrected chi connectivity index (χ0v) is 10.2. The highest BCUT2D eigenvalue weighted by Crippen LogP contribution is 2.18. The van der Waals surface area contributed by atoms with Gasteiger partial charge in [-0.1, -0.05) is 28.1 Å². The average molecular weight is 270 g/mol. The normalized spacial score (nSPS) is 22.9. The monoisotopic (exact) mass is 269 g/mol. The molecule has 2 N–H and O–H groups in total. The molecule has 0 saturated carbocycles. The van der Waals surface area contributed by atoms with E-state index in [1.807, 2.05) is 12.1 Å². The summed E-state index contributed by atoms with van der Waals surface area (Å²) in [7, 11) is 0. The van der Waals surface area contributed by atoms with E-state index >= 15 is 0 Å². The van der Waals surface area contributed by atoms with Gasteiger partial charge in [-0.3, -0.25) is 0 Å². The molecular formula is C12H16BrNO. The van der Waals surface area contributed by atoms with Crippen LogP contribution in [0.2, 0.25) is 0 Å². The number of aliphatic hydroxyl groups excluding tert-OH is 1. The fraction of sp³-hybridized carbons (Fsp3) is 0.500. The van der Waals surface area contributed by atoms with E-state index in [2.05, 4.69) is 33.4 Å². The van der Waals surface area contributed by atoms with Crippen molar-refractivity contribution >= 4 is 15.9 Å². The van der Waals surface area contributed by atoms with E-state index in [-0.39, 0.29) is 6.10 Å². The summed E-state index contributed by atoms with van der Waals surface area (Å²) in [5.41, 5.74) is 1.21. The van der Waals surface area contributed by atoms with Crippen molar-refractivity contribution in [3.8, 4) is 0 Å². The Hall–Kier alpha value is -0.380. The zero-order valence-electron chi connectivity index (χ0n) is 8.62. The van der Waals surface area contributed by atoms with Gasteiger partial charge < -0.3 is 10.4 Å². The van der Waals surface area contributed by atoms with Crippen LogP contribution in [0.4, 0.5) is 0 Å². The molecule has 1 saturated heterocycles. The SMILES string of the molecule is OC(Cc1ccc(Br)cc1)C1CCNC1. The van der Waals surface area contributed by atoms with E-state index < -0.39 is 0 Å². The van der Waals surface area contributed by atoms with Gasteiger partial charge in [0.1, 0.15) is 0 Å². The maximum atomic E-state index is 10.0. The summed E-state index contributed by atoms with van der Waals surface area (Å²) in [6, 6.07) is 8.18. The Balaban J connectivity index is 1.92. The number of halogens is 1. The van der Waals surface area contributed by atoms with E-state index in [4.69, 9.17) is 0 Å². The van der Waals surface area contributed by atoms with Gasteiger partial charge in [-0.15, -0.1) is 0 Å². The van der Waals surface area contributed by atoms with Crippen molar-refractivity contribution in [2.45, 2.75) is 18.9 Å². The molecule has 2 atom stereocenters. The standard InChI is InChI=1S/C12H16BrNO/c13-11-3-1-9(2-4-11)7-12(15)10-5-6-14-8-10/h1-4,10,12,14-15H,5-8H2. The molecule has 1 heterocycles. The maximum Gasteiger partial charge on any atom is 0.0621 e. The summed E-state index contributed by atoms with van der Waals surface area (Å²) in [4.78, 5) is 0. The summed E-state index contributed by atoms with van der Waals surface area (Å²) < 4.78 is 1.09. The first-order valence-corrected chi connectivity index (χ1v) is 6.18. The Labute approximate surface area is 98.8 Å². The predicted molar refractivity (Wildman–Crippen MR) is 64.8 cm³/mol. The lowest BCUT2D eigenvalue weighted by atomic mass is 9.95. The molecule has 2 rings (SSSR count). The molecule has 0 aliphatic carbocycles. The Morgan fingerprint density at radius 3 is 2.73 bits per heavy atom. The van der Waals surface area contributed by atoms with E-state index in [0.717, 1.165) is 30.4 Å². The number of hydrogen-bond acceptors (Lipinski definition) is 2. The van der Waals surface area contributed by atoms with Crippen molar-refractivity contribution in [3.05, 3.63) is 34.3 Å². The molecule has 0 radical (unpaired) electrons. The molecule has 0 spiro atoms. The van der Waals surface area contributed by atoms with Crippen LogP contribution in [0.5, 0.6) is 0 Å². The number of hydrogen-bond donors (Lipinski definition) is 2. The zero-order chi connectivity index (χ0) is 10.7. The lowest BCUT2D eigenvalue weighted by Gasteiger charge is -2.16. The van der Waals surface area contributed by atoms with Crippen molar-refractivity contribution in [3.63, 3.8) is 0 Å². The highest BCUT2D eigenvalue weighted by molar-refractivity contribution is 9.10. The quantitative estimate of drug-likeness (QED) is 0.880. The molecule has 0 aromatic heterocycles. The van der Waals surface area contributed by atoms with Crippen LogP contribution in [-0.4, -0.2) is 24.3 Å². The summed E-state index contributed by atoms with van der Waals surface area (Å²) in [5, 5.41) is 13.3. The summed E-state index contributed by atoms with van der Waals surface area (Å²) in [6.07, 6.45) is 1.65. The minimum absolute atomic E-state index is 0.207. The van der Waals surface area contributed by atoms with Gasteiger partial charge in [-0.25, -0.2) is 0 Å². The topological polar surface area (TPSA) is 32.3 Å². The molecule has 1 fully saturated rings. The molecule has 1 aromatic rings. The Kier molecular flexibility index (Phi) is 3.78. The van der Waals surface area contributed by atoms with Crippen molar-refractivity contribution in [1.29, 1.82) is 0 Å². The first kappa shape index (κ1) is 11.1. The second-order valence-electron chi connectivity index (χ2n) is 4.15. The first-order valence-electron chi connectivity index (χ1n) is 5.39. The van der Waals surface area contributed by atoms with Gasteiger partial charge >= 0.3 is 0 Å². The highest BCUT2D eigenvalue weighted by atomic mass is 79.9. The van der Waals surface area contributed by atoms with Gasteiger partial charge in [0.05, 0.1) is 6.10 Å². The van der Waals surface area contributed by atoms with Crippen molar-refractivity contribution in [2.24, 2.45) is 5.92 Å². The van der Waals surface area contributed by atoms with E-state index in [9.17, 15) is 5.11 Å². The smallest absolute Gasteiger partial charge is 0.0621 e. The van der Waals surface area contributed by atoms with Crippen LogP contribution in [0.1, 0.15) is 12.0 Å². The maximum absolute atomic E-state index is 10.0. The second-order valence-corrected chi connectivity index (χ2v) is 5.07. The average Bonchev–Trinajstić information content (AvgIpc) is 2.74. The van der Waals surface area contributed by atoms with Crippen LogP contribution in [0, 0.1) is 5.92 Å². The van der Waals surface area contributed by atoms with Gasteiger partial charge in [0.2, 0.25) is 0 Å². The Morgan fingerprint density at radius 1 is 1.40 bits per heavy atom. The molecule has 2 nitrogen and oxygen atoms in total. The fourth-order valence-electron chi connectivity index (χ4n) is 2.03. The van der Waals surface area contributed by atoms with E-state index in [1.54, 1.807) is 0 Å². The molecule has 2 unspecified atom stereocenters. The Bertz CT molecular complexity index is 306. The van der Waals surface area contributed by atoms with Gasteiger partial charge in [0.15, 0.2) is 0 Å². The third-order valence-corrected chi connectivity index (χ3v) is 3.53. The number of nitrogens with one attached hydrogen (secondary N) is 1. The highest BCUT2D eigenvalue weighted by Gasteiger charge is 2.22. The molecule has 3 heteroatoms. The van der Waals surface area contributed by atoms with Crippen LogP contribution >= 0.6 is 15.9 Å². The molecule has 1 aromatic carbocycles. The number of benzene rings is 1. The van der Waals surface area contributed by atoms with Crippen LogP contribution < -0.4 is 5.32 Å². The van der Waals surface area contributed by atoms with Gasteiger partial charge in [0, 0.05) is 11.0 Å². The summed E-state index contributed by atoms with van der Waals surface area (Å²) in [6.45, 7) is 2.00. The molecule has 15 heavy (non-hydrogen) atoms. The fourth-order valence-corrected chi connectivity index (χ4v) is 2.30. The molecular weight excluding hydrogens is 254 g/mol. The first-order chi connectivity index (χ1) is 7.25. The van der Waals surface area contributed by atoms with Crippen LogP contribution in [-0.2, 0) is 6.42 Å². The minimum atomic E-state index is -0.207. The second kappa shape index (κ2) is 5.10. The molecule has 1 aliphatic heterocycles. The molecule has 0 amide bonds. The molecule has 0 bridgehead atoms. The van der Waals surface area contributed by atoms with Crippen LogP contribution in [0.25, 0.3) is 0 Å². The van der Waals surface area contributed by atoms with Gasteiger partial charge in [-0.2, -0.15) is 0 Å². The third kappa shape index (κ3) is 3.03. The van der Waals surface area contributed by atoms with Gasteiger partial charge in [-0.05, 0) is 43.0 Å². The Morgan fingerprint density at radius 2 is 2.13 bits per heavy atom. The van der Waals surface area contributed by atoms with E-state index in [1.165, 1.54) is 5.56 Å². The largest absolute Gasteiger partial charge is 0.392 e. The van der Waals surface area contributed by atoms with Crippen molar-refractivity contribution in [2.75, 3.05) is 13.1 Å². The van der Waals surface area contributed by atoms with Crippen molar-refractivity contribution in [1.82, 2.24) is 5.32 Å². The molecule has 82 valence electrons. The van der Waals surface area contributed by atoms with Crippen molar-refractivity contribution < 1.29 is 5.11 Å². The summed E-state index contributed by atoms with van der Waals surface area (Å²) in [5.74, 6) is 0.425. The van der Waals surface area contributed by atoms with Gasteiger partial charge in [0.25, 0.3) is 0 Å². The van der Waals surface area contributed by atoms with Crippen LogP contribution in [0.3, 0.4) is 0 Å². The lowest BCUT2D eigenvalue weighted by molar-refractivity contribution is 0.117. The van der Waals surface area contributed by atoms with E-state index in [0.29, 0.717) is 5.92 Å². The number of rotatable bonds is 3. The number of aliphatic hydroxyl groups is 1.